The fourth-order valence-electron chi connectivity index (χ4n) is 4.20. The minimum atomic E-state index is 0.0828. The fourth-order valence-corrected chi connectivity index (χ4v) is 4.20. The SMILES string of the molecule is Cc1nc(N2CCN(C(=O)c3ccc4ccccc4c3)CC2)cc(-n2cnc(C)c2C)n1. The molecule has 2 aromatic carbocycles. The van der Waals surface area contributed by atoms with Gasteiger partial charge in [0.1, 0.15) is 23.8 Å². The summed E-state index contributed by atoms with van der Waals surface area (Å²) in [6.45, 7) is 8.73. The Bertz CT molecular complexity index is 1300. The molecule has 0 aliphatic carbocycles. The van der Waals surface area contributed by atoms with E-state index in [1.54, 1.807) is 6.33 Å². The number of hydrogen-bond donors (Lipinski definition) is 0. The van der Waals surface area contributed by atoms with Gasteiger partial charge < -0.3 is 9.80 Å². The molecule has 0 spiro atoms. The van der Waals surface area contributed by atoms with Crippen LogP contribution >= 0.6 is 0 Å². The van der Waals surface area contributed by atoms with Gasteiger partial charge in [0.25, 0.3) is 5.91 Å². The summed E-state index contributed by atoms with van der Waals surface area (Å²) in [6.07, 6.45) is 1.80. The van der Waals surface area contributed by atoms with E-state index in [1.807, 2.05) is 72.7 Å². The lowest BCUT2D eigenvalue weighted by molar-refractivity contribution is 0.0746. The molecule has 1 aliphatic rings. The molecule has 7 nitrogen and oxygen atoms in total. The van der Waals surface area contributed by atoms with E-state index in [4.69, 9.17) is 0 Å². The van der Waals surface area contributed by atoms with Crippen LogP contribution in [0.15, 0.2) is 54.9 Å². The number of fused-ring (bicyclic) bond motifs is 1. The highest BCUT2D eigenvalue weighted by atomic mass is 16.2. The van der Waals surface area contributed by atoms with Crippen molar-refractivity contribution in [2.24, 2.45) is 0 Å². The van der Waals surface area contributed by atoms with Crippen LogP contribution in [0.1, 0.15) is 27.6 Å². The lowest BCUT2D eigenvalue weighted by Crippen LogP contribution is -2.49. The van der Waals surface area contributed by atoms with Crippen molar-refractivity contribution in [1.29, 1.82) is 0 Å². The molecule has 1 fully saturated rings. The Morgan fingerprint density at radius 2 is 1.56 bits per heavy atom. The summed E-state index contributed by atoms with van der Waals surface area (Å²) in [7, 11) is 0. The van der Waals surface area contributed by atoms with Crippen LogP contribution in [0, 0.1) is 20.8 Å². The molecule has 32 heavy (non-hydrogen) atoms. The van der Waals surface area contributed by atoms with E-state index in [0.29, 0.717) is 13.1 Å². The molecule has 0 bridgehead atoms. The van der Waals surface area contributed by atoms with Gasteiger partial charge in [-0.2, -0.15) is 0 Å². The van der Waals surface area contributed by atoms with Crippen LogP contribution in [-0.2, 0) is 0 Å². The highest BCUT2D eigenvalue weighted by Gasteiger charge is 2.24. The average Bonchev–Trinajstić information content (AvgIpc) is 3.16. The predicted molar refractivity (Wildman–Crippen MR) is 125 cm³/mol. The monoisotopic (exact) mass is 426 g/mol. The largest absolute Gasteiger partial charge is 0.353 e. The standard InChI is InChI=1S/C25H26N6O/c1-17-18(2)31(16-26-17)24-15-23(27-19(3)28-24)29-10-12-30(13-11-29)25(32)22-9-8-20-6-4-5-7-21(20)14-22/h4-9,14-16H,10-13H2,1-3H3. The molecule has 1 saturated heterocycles. The lowest BCUT2D eigenvalue weighted by atomic mass is 10.1. The predicted octanol–water partition coefficient (Wildman–Crippen LogP) is 3.70. The van der Waals surface area contributed by atoms with Crippen molar-refractivity contribution in [2.45, 2.75) is 20.8 Å². The van der Waals surface area contributed by atoms with Crippen molar-refractivity contribution in [2.75, 3.05) is 31.1 Å². The Labute approximate surface area is 187 Å². The third kappa shape index (κ3) is 3.70. The first-order valence-corrected chi connectivity index (χ1v) is 10.9. The van der Waals surface area contributed by atoms with Crippen LogP contribution in [0.4, 0.5) is 5.82 Å². The van der Waals surface area contributed by atoms with Gasteiger partial charge in [0, 0.05) is 43.5 Å². The van der Waals surface area contributed by atoms with E-state index in [-0.39, 0.29) is 5.91 Å². The Morgan fingerprint density at radius 3 is 2.28 bits per heavy atom. The van der Waals surface area contributed by atoms with Gasteiger partial charge in [-0.05, 0) is 43.7 Å². The number of aryl methyl sites for hydroxylation is 2. The van der Waals surface area contributed by atoms with E-state index < -0.39 is 0 Å². The summed E-state index contributed by atoms with van der Waals surface area (Å²) in [5.74, 6) is 2.51. The summed E-state index contributed by atoms with van der Waals surface area (Å²) in [5, 5.41) is 2.23. The van der Waals surface area contributed by atoms with Gasteiger partial charge in [0.2, 0.25) is 0 Å². The van der Waals surface area contributed by atoms with Crippen LogP contribution in [-0.4, -0.2) is 56.5 Å². The van der Waals surface area contributed by atoms with Crippen LogP contribution in [0.2, 0.25) is 0 Å². The lowest BCUT2D eigenvalue weighted by Gasteiger charge is -2.35. The second kappa shape index (κ2) is 8.07. The van der Waals surface area contributed by atoms with E-state index in [9.17, 15) is 4.79 Å². The second-order valence-electron chi connectivity index (χ2n) is 8.26. The quantitative estimate of drug-likeness (QED) is 0.500. The molecule has 5 rings (SSSR count). The topological polar surface area (TPSA) is 67.2 Å². The molecular weight excluding hydrogens is 400 g/mol. The third-order valence-electron chi connectivity index (χ3n) is 6.20. The molecule has 2 aromatic heterocycles. The zero-order valence-corrected chi connectivity index (χ0v) is 18.6. The molecule has 0 radical (unpaired) electrons. The number of carbonyl (C=O) groups excluding carboxylic acids is 1. The average molecular weight is 427 g/mol. The molecule has 7 heteroatoms. The zero-order valence-electron chi connectivity index (χ0n) is 18.6. The number of rotatable bonds is 3. The highest BCUT2D eigenvalue weighted by Crippen LogP contribution is 2.21. The van der Waals surface area contributed by atoms with Crippen LogP contribution < -0.4 is 4.90 Å². The number of nitrogens with zero attached hydrogens (tertiary/aromatic N) is 6. The normalized spacial score (nSPS) is 14.2. The Morgan fingerprint density at radius 1 is 0.844 bits per heavy atom. The third-order valence-corrected chi connectivity index (χ3v) is 6.20. The van der Waals surface area contributed by atoms with Gasteiger partial charge in [-0.3, -0.25) is 9.36 Å². The van der Waals surface area contributed by atoms with Gasteiger partial charge in [-0.15, -0.1) is 0 Å². The van der Waals surface area contributed by atoms with Crippen molar-refractivity contribution in [1.82, 2.24) is 24.4 Å². The van der Waals surface area contributed by atoms with Crippen LogP contribution in [0.5, 0.6) is 0 Å². The molecule has 1 aliphatic heterocycles. The van der Waals surface area contributed by atoms with Gasteiger partial charge in [0.15, 0.2) is 0 Å². The van der Waals surface area contributed by atoms with Crippen molar-refractivity contribution in [3.63, 3.8) is 0 Å². The maximum absolute atomic E-state index is 13.1. The number of imidazole rings is 1. The molecule has 4 aromatic rings. The molecular formula is C25H26N6O. The van der Waals surface area contributed by atoms with Crippen molar-refractivity contribution < 1.29 is 4.79 Å². The van der Waals surface area contributed by atoms with Gasteiger partial charge in [0.05, 0.1) is 5.69 Å². The first-order valence-electron chi connectivity index (χ1n) is 10.9. The molecule has 162 valence electrons. The Balaban J connectivity index is 1.32. The van der Waals surface area contributed by atoms with E-state index in [1.165, 1.54) is 0 Å². The number of hydrogen-bond acceptors (Lipinski definition) is 5. The number of anilines is 1. The fraction of sp³-hybridized carbons (Fsp3) is 0.280. The minimum Gasteiger partial charge on any atom is -0.353 e. The Kier molecular flexibility index (Phi) is 5.09. The number of carbonyl (C=O) groups is 1. The molecule has 1 amide bonds. The maximum atomic E-state index is 13.1. The number of aromatic nitrogens is 4. The van der Waals surface area contributed by atoms with Crippen molar-refractivity contribution >= 4 is 22.5 Å². The summed E-state index contributed by atoms with van der Waals surface area (Å²) >= 11 is 0. The van der Waals surface area contributed by atoms with Gasteiger partial charge in [-0.25, -0.2) is 15.0 Å². The molecule has 0 N–H and O–H groups in total. The van der Waals surface area contributed by atoms with Crippen molar-refractivity contribution in [3.05, 3.63) is 77.6 Å². The van der Waals surface area contributed by atoms with E-state index >= 15 is 0 Å². The summed E-state index contributed by atoms with van der Waals surface area (Å²) in [6, 6.07) is 16.0. The maximum Gasteiger partial charge on any atom is 0.253 e. The molecule has 0 saturated carbocycles. The summed E-state index contributed by atoms with van der Waals surface area (Å²) in [5.41, 5.74) is 2.80. The summed E-state index contributed by atoms with van der Waals surface area (Å²) in [4.78, 5) is 30.9. The smallest absolute Gasteiger partial charge is 0.253 e. The van der Waals surface area contributed by atoms with Crippen molar-refractivity contribution in [3.8, 4) is 5.82 Å². The zero-order chi connectivity index (χ0) is 22.2. The van der Waals surface area contributed by atoms with Crippen LogP contribution in [0.3, 0.4) is 0 Å². The van der Waals surface area contributed by atoms with E-state index in [2.05, 4.69) is 25.9 Å². The van der Waals surface area contributed by atoms with Gasteiger partial charge >= 0.3 is 0 Å². The minimum absolute atomic E-state index is 0.0828. The van der Waals surface area contributed by atoms with Gasteiger partial charge in [-0.1, -0.05) is 30.3 Å². The molecule has 3 heterocycles. The molecule has 0 unspecified atom stereocenters. The summed E-state index contributed by atoms with van der Waals surface area (Å²) < 4.78 is 1.99. The highest BCUT2D eigenvalue weighted by molar-refractivity contribution is 5.98. The number of piperazine rings is 1. The number of benzene rings is 2. The molecule has 0 atom stereocenters. The first-order chi connectivity index (χ1) is 15.5. The van der Waals surface area contributed by atoms with Crippen LogP contribution in [0.25, 0.3) is 16.6 Å². The second-order valence-corrected chi connectivity index (χ2v) is 8.26. The Hall–Kier alpha value is -3.74. The first kappa shape index (κ1) is 20.2. The number of amides is 1. The van der Waals surface area contributed by atoms with E-state index in [0.717, 1.165) is 58.3 Å².